The zero-order valence-electron chi connectivity index (χ0n) is 12.6. The summed E-state index contributed by atoms with van der Waals surface area (Å²) in [5.74, 6) is 0.133. The van der Waals surface area contributed by atoms with Crippen LogP contribution in [0.25, 0.3) is 6.08 Å². The van der Waals surface area contributed by atoms with Crippen LogP contribution in [-0.4, -0.2) is 20.6 Å². The maximum absolute atomic E-state index is 12.5. The van der Waals surface area contributed by atoms with Crippen molar-refractivity contribution < 1.29 is 18.3 Å². The van der Waals surface area contributed by atoms with Crippen molar-refractivity contribution in [3.63, 3.8) is 0 Å². The molecule has 0 saturated carbocycles. The summed E-state index contributed by atoms with van der Waals surface area (Å²) < 4.78 is 29.9. The van der Waals surface area contributed by atoms with E-state index >= 15 is 0 Å². The smallest absolute Gasteiger partial charge is 0.216 e. The van der Waals surface area contributed by atoms with Crippen molar-refractivity contribution >= 4 is 15.9 Å². The van der Waals surface area contributed by atoms with Crippen LogP contribution >= 0.6 is 0 Å². The van der Waals surface area contributed by atoms with Gasteiger partial charge in [-0.15, -0.1) is 0 Å². The van der Waals surface area contributed by atoms with E-state index in [0.717, 1.165) is 5.56 Å². The molecule has 0 bridgehead atoms. The largest absolute Gasteiger partial charge is 0.504 e. The van der Waals surface area contributed by atoms with Crippen molar-refractivity contribution in [2.75, 3.05) is 7.11 Å². The van der Waals surface area contributed by atoms with Gasteiger partial charge in [0, 0.05) is 0 Å². The molecular formula is C17H15NO4S. The number of rotatable bonds is 4. The Bertz CT molecular complexity index is 891. The van der Waals surface area contributed by atoms with Crippen LogP contribution < -0.4 is 4.74 Å². The maximum Gasteiger partial charge on any atom is 0.216 e. The SMILES string of the molecule is COc1ccc(/C=C(\C#N)S(=O)(=O)c2ccc(C)cc2)cc1O. The summed E-state index contributed by atoms with van der Waals surface area (Å²) in [7, 11) is -2.50. The van der Waals surface area contributed by atoms with Crippen molar-refractivity contribution in [3.8, 4) is 17.6 Å². The second-order valence-electron chi connectivity index (χ2n) is 4.87. The van der Waals surface area contributed by atoms with Crippen molar-refractivity contribution in [1.29, 1.82) is 5.26 Å². The van der Waals surface area contributed by atoms with Crippen molar-refractivity contribution in [2.24, 2.45) is 0 Å². The van der Waals surface area contributed by atoms with Gasteiger partial charge in [-0.2, -0.15) is 5.26 Å². The number of benzene rings is 2. The van der Waals surface area contributed by atoms with Gasteiger partial charge >= 0.3 is 0 Å². The molecule has 0 radical (unpaired) electrons. The van der Waals surface area contributed by atoms with Crippen molar-refractivity contribution in [3.05, 3.63) is 58.5 Å². The number of sulfone groups is 1. The Labute approximate surface area is 135 Å². The third-order valence-electron chi connectivity index (χ3n) is 3.23. The molecule has 2 rings (SSSR count). The molecule has 0 amide bonds. The fourth-order valence-corrected chi connectivity index (χ4v) is 3.12. The van der Waals surface area contributed by atoms with Crippen LogP contribution in [0.5, 0.6) is 11.5 Å². The minimum absolute atomic E-state index is 0.0497. The maximum atomic E-state index is 12.5. The van der Waals surface area contributed by atoms with E-state index in [1.165, 1.54) is 37.5 Å². The number of nitrogens with zero attached hydrogens (tertiary/aromatic N) is 1. The van der Waals surface area contributed by atoms with Crippen LogP contribution in [0.15, 0.2) is 52.3 Å². The number of aromatic hydroxyl groups is 1. The normalized spacial score (nSPS) is 11.8. The predicted octanol–water partition coefficient (Wildman–Crippen LogP) is 3.05. The molecule has 23 heavy (non-hydrogen) atoms. The van der Waals surface area contributed by atoms with E-state index < -0.39 is 14.7 Å². The molecule has 0 aromatic heterocycles. The monoisotopic (exact) mass is 329 g/mol. The fourth-order valence-electron chi connectivity index (χ4n) is 1.96. The van der Waals surface area contributed by atoms with Gasteiger partial charge in [0.25, 0.3) is 0 Å². The van der Waals surface area contributed by atoms with Gasteiger partial charge in [0.1, 0.15) is 11.0 Å². The summed E-state index contributed by atoms with van der Waals surface area (Å²) >= 11 is 0. The predicted molar refractivity (Wildman–Crippen MR) is 86.6 cm³/mol. The molecule has 118 valence electrons. The van der Waals surface area contributed by atoms with E-state index in [4.69, 9.17) is 4.74 Å². The summed E-state index contributed by atoms with van der Waals surface area (Å²) in [5, 5.41) is 19.0. The topological polar surface area (TPSA) is 87.4 Å². The highest BCUT2D eigenvalue weighted by molar-refractivity contribution is 7.95. The molecule has 0 spiro atoms. The molecule has 2 aromatic rings. The molecule has 0 atom stereocenters. The average Bonchev–Trinajstić information content (AvgIpc) is 2.53. The quantitative estimate of drug-likeness (QED) is 0.871. The van der Waals surface area contributed by atoms with E-state index in [9.17, 15) is 18.8 Å². The molecule has 0 saturated heterocycles. The molecule has 0 aliphatic heterocycles. The summed E-state index contributed by atoms with van der Waals surface area (Å²) in [6, 6.07) is 12.4. The highest BCUT2D eigenvalue weighted by Crippen LogP contribution is 2.28. The van der Waals surface area contributed by atoms with Gasteiger partial charge in [0.2, 0.25) is 9.84 Å². The van der Waals surface area contributed by atoms with Crippen LogP contribution in [0.2, 0.25) is 0 Å². The van der Waals surface area contributed by atoms with E-state index in [2.05, 4.69) is 0 Å². The zero-order valence-corrected chi connectivity index (χ0v) is 13.5. The Hall–Kier alpha value is -2.78. The zero-order chi connectivity index (χ0) is 17.0. The van der Waals surface area contributed by atoms with E-state index in [1.54, 1.807) is 24.3 Å². The van der Waals surface area contributed by atoms with Gasteiger partial charge < -0.3 is 9.84 Å². The Morgan fingerprint density at radius 3 is 2.39 bits per heavy atom. The van der Waals surface area contributed by atoms with Crippen molar-refractivity contribution in [2.45, 2.75) is 11.8 Å². The molecule has 6 heteroatoms. The first kappa shape index (κ1) is 16.6. The summed E-state index contributed by atoms with van der Waals surface area (Å²) in [5.41, 5.74) is 1.31. The number of aryl methyl sites for hydroxylation is 1. The van der Waals surface area contributed by atoms with Gasteiger partial charge in [-0.25, -0.2) is 8.42 Å². The third-order valence-corrected chi connectivity index (χ3v) is 4.91. The lowest BCUT2D eigenvalue weighted by Gasteiger charge is -2.06. The standard InChI is InChI=1S/C17H15NO4S/c1-12-3-6-14(7-4-12)23(20,21)15(11-18)9-13-5-8-17(22-2)16(19)10-13/h3-10,19H,1-2H3/b15-9+. The molecule has 0 heterocycles. The van der Waals surface area contributed by atoms with E-state index in [1.807, 2.05) is 6.92 Å². The summed E-state index contributed by atoms with van der Waals surface area (Å²) in [4.78, 5) is -0.348. The van der Waals surface area contributed by atoms with Gasteiger partial charge in [0.05, 0.1) is 12.0 Å². The number of ether oxygens (including phenoxy) is 1. The summed E-state index contributed by atoms with van der Waals surface area (Å²) in [6.45, 7) is 1.84. The van der Waals surface area contributed by atoms with Gasteiger partial charge in [-0.1, -0.05) is 23.8 Å². The van der Waals surface area contributed by atoms with E-state index in [-0.39, 0.29) is 16.4 Å². The highest BCUT2D eigenvalue weighted by atomic mass is 32.2. The van der Waals surface area contributed by atoms with Crippen LogP contribution in [0.3, 0.4) is 0 Å². The number of hydrogen-bond acceptors (Lipinski definition) is 5. The first-order valence-electron chi connectivity index (χ1n) is 6.69. The lowest BCUT2D eigenvalue weighted by Crippen LogP contribution is -2.03. The Balaban J connectivity index is 2.48. The first-order valence-corrected chi connectivity index (χ1v) is 8.17. The number of hydrogen-bond donors (Lipinski definition) is 1. The van der Waals surface area contributed by atoms with Gasteiger partial charge in [-0.05, 0) is 42.8 Å². The Morgan fingerprint density at radius 2 is 1.87 bits per heavy atom. The fraction of sp³-hybridized carbons (Fsp3) is 0.118. The Kier molecular flexibility index (Phi) is 4.72. The number of allylic oxidation sites excluding steroid dienone is 1. The average molecular weight is 329 g/mol. The molecule has 0 aliphatic carbocycles. The molecular weight excluding hydrogens is 314 g/mol. The second-order valence-corrected chi connectivity index (χ2v) is 6.79. The van der Waals surface area contributed by atoms with Crippen LogP contribution in [0.4, 0.5) is 0 Å². The second kappa shape index (κ2) is 6.55. The van der Waals surface area contributed by atoms with Crippen LogP contribution in [0, 0.1) is 18.3 Å². The van der Waals surface area contributed by atoms with Gasteiger partial charge in [-0.3, -0.25) is 0 Å². The first-order chi connectivity index (χ1) is 10.9. The van der Waals surface area contributed by atoms with Crippen molar-refractivity contribution in [1.82, 2.24) is 0 Å². The highest BCUT2D eigenvalue weighted by Gasteiger charge is 2.20. The lowest BCUT2D eigenvalue weighted by molar-refractivity contribution is 0.373. The molecule has 0 fully saturated rings. The van der Waals surface area contributed by atoms with Gasteiger partial charge in [0.15, 0.2) is 11.5 Å². The van der Waals surface area contributed by atoms with E-state index in [0.29, 0.717) is 5.56 Å². The minimum Gasteiger partial charge on any atom is -0.504 e. The molecule has 0 aliphatic rings. The minimum atomic E-state index is -3.91. The number of nitriles is 1. The third kappa shape index (κ3) is 3.52. The number of phenols is 1. The van der Waals surface area contributed by atoms with Crippen LogP contribution in [0.1, 0.15) is 11.1 Å². The molecule has 5 nitrogen and oxygen atoms in total. The molecule has 1 N–H and O–H groups in total. The number of phenolic OH excluding ortho intramolecular Hbond substituents is 1. The molecule has 0 unspecified atom stereocenters. The summed E-state index contributed by atoms with van der Waals surface area (Å²) in [6.07, 6.45) is 1.22. The lowest BCUT2D eigenvalue weighted by atomic mass is 10.2. The van der Waals surface area contributed by atoms with Crippen LogP contribution in [-0.2, 0) is 9.84 Å². The molecule has 2 aromatic carbocycles. The number of methoxy groups -OCH3 is 1. The Morgan fingerprint density at radius 1 is 1.22 bits per heavy atom.